The maximum atomic E-state index is 12.1. The molecular weight excluding hydrogens is 400 g/mol. The molecule has 0 saturated carbocycles. The maximum Gasteiger partial charge on any atom is 0.239 e. The fourth-order valence-electron chi connectivity index (χ4n) is 2.40. The highest BCUT2D eigenvalue weighted by Crippen LogP contribution is 2.23. The van der Waals surface area contributed by atoms with Crippen LogP contribution in [0.15, 0.2) is 58.7 Å². The molecule has 2 aromatic heterocycles. The van der Waals surface area contributed by atoms with Crippen molar-refractivity contribution >= 4 is 33.4 Å². The number of nitrogens with zero attached hydrogens (tertiary/aromatic N) is 4. The molecule has 9 nitrogen and oxygen atoms in total. The molecule has 0 atom stereocenters. The van der Waals surface area contributed by atoms with Crippen molar-refractivity contribution in [3.8, 4) is 11.5 Å². The van der Waals surface area contributed by atoms with E-state index in [2.05, 4.69) is 20.5 Å². The molecule has 3 N–H and O–H groups in total. The number of primary sulfonamides is 1. The Labute approximate surface area is 166 Å². The summed E-state index contributed by atoms with van der Waals surface area (Å²) in [4.78, 5) is 16.2. The Balaban J connectivity index is 1.72. The molecule has 1 aromatic carbocycles. The van der Waals surface area contributed by atoms with E-state index in [4.69, 9.17) is 5.14 Å². The second kappa shape index (κ2) is 8.50. The number of amides is 1. The van der Waals surface area contributed by atoms with Crippen LogP contribution < -0.4 is 10.5 Å². The topological polar surface area (TPSA) is 133 Å². The number of hydrogen-bond donors (Lipinski definition) is 2. The van der Waals surface area contributed by atoms with Gasteiger partial charge in [0.2, 0.25) is 15.9 Å². The Morgan fingerprint density at radius 2 is 1.93 bits per heavy atom. The molecule has 11 heteroatoms. The number of nitrogens with two attached hydrogens (primary N) is 1. The van der Waals surface area contributed by atoms with Gasteiger partial charge in [0.25, 0.3) is 0 Å². The molecule has 0 saturated heterocycles. The monoisotopic (exact) mass is 418 g/mol. The molecule has 0 aliphatic rings. The largest absolute Gasteiger partial charge is 0.325 e. The Bertz CT molecular complexity index is 1070. The van der Waals surface area contributed by atoms with Gasteiger partial charge in [-0.2, -0.15) is 0 Å². The van der Waals surface area contributed by atoms with E-state index in [1.165, 1.54) is 30.1 Å². The van der Waals surface area contributed by atoms with E-state index in [1.807, 2.05) is 37.3 Å². The van der Waals surface area contributed by atoms with Gasteiger partial charge in [-0.25, -0.2) is 13.6 Å². The maximum absolute atomic E-state index is 12.1. The third-order valence-electron chi connectivity index (χ3n) is 3.72. The highest BCUT2D eigenvalue weighted by Gasteiger charge is 2.16. The zero-order valence-corrected chi connectivity index (χ0v) is 16.6. The van der Waals surface area contributed by atoms with Crippen LogP contribution in [-0.2, 0) is 21.4 Å². The summed E-state index contributed by atoms with van der Waals surface area (Å²) in [6.07, 6.45) is 1.18. The molecule has 1 amide bonds. The summed E-state index contributed by atoms with van der Waals surface area (Å²) >= 11 is 1.26. The van der Waals surface area contributed by atoms with Crippen molar-refractivity contribution < 1.29 is 13.2 Å². The van der Waals surface area contributed by atoms with Crippen LogP contribution in [0, 0.1) is 0 Å². The first-order valence-corrected chi connectivity index (χ1v) is 10.8. The standard InChI is InChI=1S/C17H18N6O3S2/c1-2-23-16(14-9-8-13(10-19-14)28(18,25)26)21-22-17(23)27-11-15(24)20-12-6-4-3-5-7-12/h3-10H,2,11H2,1H3,(H,20,24)(H2,18,25,26). The Kier molecular flexibility index (Phi) is 6.07. The van der Waals surface area contributed by atoms with E-state index in [9.17, 15) is 13.2 Å². The van der Waals surface area contributed by atoms with Gasteiger partial charge in [0.05, 0.1) is 5.75 Å². The van der Waals surface area contributed by atoms with Crippen molar-refractivity contribution in [2.45, 2.75) is 23.5 Å². The summed E-state index contributed by atoms with van der Waals surface area (Å²) in [7, 11) is -3.81. The number of rotatable bonds is 7. The molecular formula is C17H18N6O3S2. The van der Waals surface area contributed by atoms with Crippen LogP contribution in [0.25, 0.3) is 11.5 Å². The van der Waals surface area contributed by atoms with Crippen molar-refractivity contribution in [3.05, 3.63) is 48.7 Å². The van der Waals surface area contributed by atoms with Crippen LogP contribution >= 0.6 is 11.8 Å². The molecule has 146 valence electrons. The van der Waals surface area contributed by atoms with Crippen LogP contribution in [-0.4, -0.2) is 39.8 Å². The molecule has 0 bridgehead atoms. The van der Waals surface area contributed by atoms with Crippen molar-refractivity contribution in [3.63, 3.8) is 0 Å². The van der Waals surface area contributed by atoms with Gasteiger partial charge in [-0.15, -0.1) is 10.2 Å². The normalized spacial score (nSPS) is 11.4. The molecule has 0 aliphatic heterocycles. The predicted molar refractivity (Wildman–Crippen MR) is 106 cm³/mol. The number of benzene rings is 1. The first-order valence-electron chi connectivity index (χ1n) is 8.28. The lowest BCUT2D eigenvalue weighted by atomic mass is 10.3. The lowest BCUT2D eigenvalue weighted by molar-refractivity contribution is -0.113. The summed E-state index contributed by atoms with van der Waals surface area (Å²) < 4.78 is 24.5. The lowest BCUT2D eigenvalue weighted by Crippen LogP contribution is -2.14. The lowest BCUT2D eigenvalue weighted by Gasteiger charge is -2.08. The van der Waals surface area contributed by atoms with Gasteiger partial charge in [0.15, 0.2) is 11.0 Å². The number of pyridine rings is 1. The number of para-hydroxylation sites is 1. The van der Waals surface area contributed by atoms with Gasteiger partial charge >= 0.3 is 0 Å². The first kappa shape index (κ1) is 20.0. The van der Waals surface area contributed by atoms with Crippen LogP contribution in [0.4, 0.5) is 5.69 Å². The Morgan fingerprint density at radius 3 is 2.54 bits per heavy atom. The quantitative estimate of drug-likeness (QED) is 0.558. The zero-order chi connectivity index (χ0) is 20.1. The molecule has 3 rings (SSSR count). The number of carbonyl (C=O) groups excluding carboxylic acids is 1. The summed E-state index contributed by atoms with van der Waals surface area (Å²) in [6, 6.07) is 12.1. The number of anilines is 1. The first-order chi connectivity index (χ1) is 13.4. The van der Waals surface area contributed by atoms with Gasteiger partial charge < -0.3 is 9.88 Å². The fraction of sp³-hybridized carbons (Fsp3) is 0.176. The van der Waals surface area contributed by atoms with Gasteiger partial charge in [0, 0.05) is 18.4 Å². The van der Waals surface area contributed by atoms with Crippen molar-refractivity contribution in [2.24, 2.45) is 5.14 Å². The van der Waals surface area contributed by atoms with Gasteiger partial charge in [0.1, 0.15) is 10.6 Å². The molecule has 0 spiro atoms. The van der Waals surface area contributed by atoms with Gasteiger partial charge in [-0.1, -0.05) is 30.0 Å². The summed E-state index contributed by atoms with van der Waals surface area (Å²) in [5.41, 5.74) is 1.19. The summed E-state index contributed by atoms with van der Waals surface area (Å²) in [5.74, 6) is 0.499. The SMILES string of the molecule is CCn1c(SCC(=O)Nc2ccccc2)nnc1-c1ccc(S(N)(=O)=O)cn1. The fourth-order valence-corrected chi connectivity index (χ4v) is 3.66. The highest BCUT2D eigenvalue weighted by molar-refractivity contribution is 7.99. The summed E-state index contributed by atoms with van der Waals surface area (Å²) in [5, 5.41) is 16.7. The number of hydrogen-bond acceptors (Lipinski definition) is 7. The molecule has 0 fully saturated rings. The van der Waals surface area contributed by atoms with Crippen LogP contribution in [0.2, 0.25) is 0 Å². The number of sulfonamides is 1. The van der Waals surface area contributed by atoms with Crippen molar-refractivity contribution in [2.75, 3.05) is 11.1 Å². The third kappa shape index (κ3) is 4.74. The van der Waals surface area contributed by atoms with E-state index >= 15 is 0 Å². The molecule has 0 unspecified atom stereocenters. The molecule has 2 heterocycles. The van der Waals surface area contributed by atoms with Gasteiger partial charge in [-0.3, -0.25) is 9.78 Å². The minimum atomic E-state index is -3.81. The second-order valence-corrected chi connectivity index (χ2v) is 8.18. The molecule has 0 aliphatic carbocycles. The highest BCUT2D eigenvalue weighted by atomic mass is 32.2. The van der Waals surface area contributed by atoms with Crippen LogP contribution in [0.3, 0.4) is 0 Å². The molecule has 28 heavy (non-hydrogen) atoms. The average Bonchev–Trinajstić information content (AvgIpc) is 3.09. The third-order valence-corrected chi connectivity index (χ3v) is 5.58. The van der Waals surface area contributed by atoms with E-state index in [1.54, 1.807) is 4.57 Å². The van der Waals surface area contributed by atoms with Crippen molar-refractivity contribution in [1.82, 2.24) is 19.7 Å². The van der Waals surface area contributed by atoms with E-state index in [-0.39, 0.29) is 16.6 Å². The number of nitrogens with one attached hydrogen (secondary N) is 1. The Hall–Kier alpha value is -2.76. The second-order valence-electron chi connectivity index (χ2n) is 5.68. The average molecular weight is 419 g/mol. The minimum absolute atomic E-state index is 0.0778. The van der Waals surface area contributed by atoms with Crippen molar-refractivity contribution in [1.29, 1.82) is 0 Å². The Morgan fingerprint density at radius 1 is 1.18 bits per heavy atom. The van der Waals surface area contributed by atoms with Crippen LogP contribution in [0.5, 0.6) is 0 Å². The zero-order valence-electron chi connectivity index (χ0n) is 14.9. The van der Waals surface area contributed by atoms with E-state index < -0.39 is 10.0 Å². The van der Waals surface area contributed by atoms with E-state index in [0.717, 1.165) is 5.69 Å². The molecule has 0 radical (unpaired) electrons. The molecule has 3 aromatic rings. The summed E-state index contributed by atoms with van der Waals surface area (Å²) in [6.45, 7) is 2.48. The number of thioether (sulfide) groups is 1. The predicted octanol–water partition coefficient (Wildman–Crippen LogP) is 1.74. The number of carbonyl (C=O) groups is 1. The van der Waals surface area contributed by atoms with Crippen LogP contribution in [0.1, 0.15) is 6.92 Å². The number of aromatic nitrogens is 4. The smallest absolute Gasteiger partial charge is 0.239 e. The minimum Gasteiger partial charge on any atom is -0.325 e. The van der Waals surface area contributed by atoms with E-state index in [0.29, 0.717) is 23.2 Å². The van der Waals surface area contributed by atoms with Gasteiger partial charge in [-0.05, 0) is 31.2 Å².